The number of rotatable bonds is 12. The van der Waals surface area contributed by atoms with Gasteiger partial charge in [0.1, 0.15) is 5.69 Å². The molecule has 4 aromatic rings. The Morgan fingerprint density at radius 2 is 1.80 bits per heavy atom. The van der Waals surface area contributed by atoms with E-state index in [4.69, 9.17) is 16.3 Å². The highest BCUT2D eigenvalue weighted by atomic mass is 35.5. The van der Waals surface area contributed by atoms with Crippen LogP contribution in [0.1, 0.15) is 42.7 Å². The summed E-state index contributed by atoms with van der Waals surface area (Å²) in [4.78, 5) is 42.3. The first kappa shape index (κ1) is 29.0. The van der Waals surface area contributed by atoms with Crippen molar-refractivity contribution in [3.63, 3.8) is 0 Å². The second-order valence-corrected chi connectivity index (χ2v) is 10.6. The van der Waals surface area contributed by atoms with Gasteiger partial charge in [0.15, 0.2) is 17.7 Å². The van der Waals surface area contributed by atoms with Gasteiger partial charge < -0.3 is 9.84 Å². The Labute approximate surface area is 237 Å². The third kappa shape index (κ3) is 7.77. The molecule has 0 amide bonds. The van der Waals surface area contributed by atoms with E-state index < -0.39 is 23.6 Å². The monoisotopic (exact) mass is 561 g/mol. The second kappa shape index (κ2) is 13.4. The maximum Gasteiger partial charge on any atom is 0.334 e. The number of halogens is 1. The van der Waals surface area contributed by atoms with Crippen LogP contribution in [0, 0.1) is 11.8 Å². The van der Waals surface area contributed by atoms with Crippen molar-refractivity contribution in [3.8, 4) is 16.9 Å². The minimum absolute atomic E-state index is 0.00668. The van der Waals surface area contributed by atoms with E-state index in [9.17, 15) is 19.5 Å². The van der Waals surface area contributed by atoms with E-state index in [1.54, 1.807) is 24.4 Å². The van der Waals surface area contributed by atoms with Crippen LogP contribution in [-0.2, 0) is 16.0 Å². The van der Waals surface area contributed by atoms with Crippen molar-refractivity contribution >= 4 is 23.4 Å². The highest BCUT2D eigenvalue weighted by Gasteiger charge is 2.26. The molecule has 2 aromatic carbocycles. The molecule has 0 unspecified atom stereocenters. The number of esters is 1. The Balaban J connectivity index is 1.52. The van der Waals surface area contributed by atoms with E-state index in [-0.39, 0.29) is 36.8 Å². The Kier molecular flexibility index (Phi) is 9.69. The van der Waals surface area contributed by atoms with Gasteiger partial charge in [0.2, 0.25) is 0 Å². The zero-order chi connectivity index (χ0) is 28.6. The summed E-state index contributed by atoms with van der Waals surface area (Å²) in [6.07, 6.45) is 0.648. The molecule has 2 heterocycles. The summed E-state index contributed by atoms with van der Waals surface area (Å²) in [6, 6.07) is 21.8. The van der Waals surface area contributed by atoms with Crippen LogP contribution in [0.2, 0.25) is 5.02 Å². The molecule has 2 aromatic heterocycles. The van der Waals surface area contributed by atoms with E-state index >= 15 is 0 Å². The number of ketones is 1. The molecular weight excluding hydrogens is 530 g/mol. The number of aliphatic hydroxyl groups excluding tert-OH is 1. The van der Waals surface area contributed by atoms with Crippen LogP contribution >= 0.6 is 11.6 Å². The molecule has 0 spiro atoms. The number of aliphatic hydroxyl groups is 1. The largest absolute Gasteiger partial charge is 0.464 e. The molecule has 9 heteroatoms. The summed E-state index contributed by atoms with van der Waals surface area (Å²) in [5, 5.41) is 14.1. The second-order valence-electron chi connectivity index (χ2n) is 10.2. The molecule has 0 bridgehead atoms. The highest BCUT2D eigenvalue weighted by molar-refractivity contribution is 6.30. The number of Topliss-reactive ketones (excluding diaryl/α,β-unsaturated/α-hetero) is 1. The fourth-order valence-electron chi connectivity index (χ4n) is 4.40. The molecule has 2 atom stereocenters. The van der Waals surface area contributed by atoms with E-state index in [2.05, 4.69) is 10.1 Å². The summed E-state index contributed by atoms with van der Waals surface area (Å²) in [5.74, 6) is -0.919. The number of carbonyl (C=O) groups excluding carboxylic acids is 2. The first-order valence-electron chi connectivity index (χ1n) is 13.2. The van der Waals surface area contributed by atoms with Gasteiger partial charge in [0, 0.05) is 23.7 Å². The van der Waals surface area contributed by atoms with Crippen LogP contribution in [-0.4, -0.2) is 44.3 Å². The molecule has 40 heavy (non-hydrogen) atoms. The summed E-state index contributed by atoms with van der Waals surface area (Å²) >= 11 is 6.13. The van der Waals surface area contributed by atoms with Crippen LogP contribution in [0.15, 0.2) is 83.8 Å². The summed E-state index contributed by atoms with van der Waals surface area (Å²) in [5.41, 5.74) is 2.63. The van der Waals surface area contributed by atoms with Gasteiger partial charge in [-0.1, -0.05) is 67.9 Å². The molecule has 0 saturated heterocycles. The number of H-pyrrole nitrogens is 1. The molecule has 0 aliphatic rings. The summed E-state index contributed by atoms with van der Waals surface area (Å²) < 4.78 is 6.41. The number of carbonyl (C=O) groups is 2. The molecule has 0 fully saturated rings. The molecule has 8 nitrogen and oxygen atoms in total. The summed E-state index contributed by atoms with van der Waals surface area (Å²) in [7, 11) is 0. The molecule has 0 saturated carbocycles. The van der Waals surface area contributed by atoms with Gasteiger partial charge in [0.25, 0.3) is 5.56 Å². The van der Waals surface area contributed by atoms with Crippen molar-refractivity contribution in [2.75, 3.05) is 6.61 Å². The SMILES string of the molecule is CC(C)COC(=O)[C@H](O)C[C@H](CC(=O)c1cc(=O)n(-c2ccccn2)[nH]1)Cc1ccc(-c2cccc(Cl)c2)cc1. The molecule has 0 aliphatic carbocycles. The van der Waals surface area contributed by atoms with E-state index in [0.717, 1.165) is 16.7 Å². The van der Waals surface area contributed by atoms with Crippen LogP contribution in [0.5, 0.6) is 0 Å². The standard InChI is InChI=1S/C31H32ClN3O5/c1-20(2)19-40-31(39)28(37)16-22(14-21-9-11-23(12-10-21)24-6-5-7-25(32)17-24)15-27(36)26-18-30(38)35(34-26)29-8-3-4-13-33-29/h3-13,17-18,20,22,28,34,37H,14-16,19H2,1-2H3/t22-,28+/m0/s1. The lowest BCUT2D eigenvalue weighted by molar-refractivity contribution is -0.155. The van der Waals surface area contributed by atoms with Crippen LogP contribution in [0.25, 0.3) is 16.9 Å². The Morgan fingerprint density at radius 3 is 2.48 bits per heavy atom. The zero-order valence-corrected chi connectivity index (χ0v) is 23.2. The maximum atomic E-state index is 13.3. The van der Waals surface area contributed by atoms with Gasteiger partial charge in [-0.3, -0.25) is 14.7 Å². The van der Waals surface area contributed by atoms with Crippen molar-refractivity contribution in [1.29, 1.82) is 0 Å². The zero-order valence-electron chi connectivity index (χ0n) is 22.4. The average molecular weight is 562 g/mol. The number of ether oxygens (including phenoxy) is 1. The quantitative estimate of drug-likeness (QED) is 0.180. The number of benzene rings is 2. The Morgan fingerprint density at radius 1 is 1.02 bits per heavy atom. The topological polar surface area (TPSA) is 114 Å². The Hall–Kier alpha value is -4.01. The van der Waals surface area contributed by atoms with Crippen molar-refractivity contribution in [2.45, 2.75) is 39.2 Å². The van der Waals surface area contributed by atoms with Crippen molar-refractivity contribution < 1.29 is 19.4 Å². The molecular formula is C31H32ClN3O5. The third-order valence-corrected chi connectivity index (χ3v) is 6.63. The number of aromatic amines is 1. The predicted octanol–water partition coefficient (Wildman–Crippen LogP) is 5.26. The molecule has 4 rings (SSSR count). The minimum Gasteiger partial charge on any atom is -0.464 e. The fourth-order valence-corrected chi connectivity index (χ4v) is 4.59. The Bertz CT molecular complexity index is 1500. The number of hydrogen-bond donors (Lipinski definition) is 2. The first-order valence-corrected chi connectivity index (χ1v) is 13.5. The van der Waals surface area contributed by atoms with E-state index in [1.807, 2.05) is 62.4 Å². The molecule has 2 N–H and O–H groups in total. The van der Waals surface area contributed by atoms with Gasteiger partial charge in [-0.15, -0.1) is 0 Å². The maximum absolute atomic E-state index is 13.3. The van der Waals surface area contributed by atoms with Crippen molar-refractivity contribution in [2.24, 2.45) is 11.8 Å². The molecule has 208 valence electrons. The molecule has 0 aliphatic heterocycles. The van der Waals surface area contributed by atoms with Gasteiger partial charge in [-0.25, -0.2) is 14.5 Å². The van der Waals surface area contributed by atoms with Crippen LogP contribution in [0.4, 0.5) is 0 Å². The summed E-state index contributed by atoms with van der Waals surface area (Å²) in [6.45, 7) is 4.02. The van der Waals surface area contributed by atoms with Crippen molar-refractivity contribution in [1.82, 2.24) is 14.8 Å². The minimum atomic E-state index is -1.38. The average Bonchev–Trinajstić information content (AvgIpc) is 3.34. The lowest BCUT2D eigenvalue weighted by Crippen LogP contribution is -2.28. The third-order valence-electron chi connectivity index (χ3n) is 6.40. The number of nitrogens with one attached hydrogen (secondary N) is 1. The van der Waals surface area contributed by atoms with E-state index in [0.29, 0.717) is 17.3 Å². The fraction of sp³-hybridized carbons (Fsp3) is 0.290. The van der Waals surface area contributed by atoms with Gasteiger partial charge in [0.05, 0.1) is 6.61 Å². The van der Waals surface area contributed by atoms with Crippen LogP contribution < -0.4 is 5.56 Å². The van der Waals surface area contributed by atoms with Gasteiger partial charge in [-0.2, -0.15) is 0 Å². The van der Waals surface area contributed by atoms with Crippen LogP contribution in [0.3, 0.4) is 0 Å². The lowest BCUT2D eigenvalue weighted by Gasteiger charge is -2.20. The van der Waals surface area contributed by atoms with Gasteiger partial charge in [-0.05, 0) is 65.6 Å². The normalized spacial score (nSPS) is 12.7. The smallest absolute Gasteiger partial charge is 0.334 e. The van der Waals surface area contributed by atoms with E-state index in [1.165, 1.54) is 10.7 Å². The first-order chi connectivity index (χ1) is 19.2. The number of aromatic nitrogens is 3. The van der Waals surface area contributed by atoms with Gasteiger partial charge >= 0.3 is 5.97 Å². The highest BCUT2D eigenvalue weighted by Crippen LogP contribution is 2.26. The number of pyridine rings is 1. The van der Waals surface area contributed by atoms with Crippen molar-refractivity contribution in [3.05, 3.63) is 106 Å². The molecule has 0 radical (unpaired) electrons. The number of hydrogen-bond acceptors (Lipinski definition) is 6. The number of nitrogens with zero attached hydrogens (tertiary/aromatic N) is 2. The lowest BCUT2D eigenvalue weighted by atomic mass is 9.88. The predicted molar refractivity (Wildman–Crippen MR) is 154 cm³/mol.